The Hall–Kier alpha value is -2.45. The lowest BCUT2D eigenvalue weighted by molar-refractivity contribution is -0.115. The van der Waals surface area contributed by atoms with Crippen molar-refractivity contribution in [2.75, 3.05) is 12.4 Å². The van der Waals surface area contributed by atoms with E-state index in [1.54, 1.807) is 18.4 Å². The number of carbonyl (C=O) groups excluding carboxylic acids is 1. The van der Waals surface area contributed by atoms with Gasteiger partial charge >= 0.3 is 0 Å². The number of hydrogen-bond donors (Lipinski definition) is 1. The molecule has 1 N–H and O–H groups in total. The number of benzene rings is 1. The number of hydrogen-bond acceptors (Lipinski definition) is 6. The lowest BCUT2D eigenvalue weighted by Crippen LogP contribution is -2.23. The molecule has 148 valence electrons. The minimum Gasteiger partial charge on any atom is -0.495 e. The zero-order valence-corrected chi connectivity index (χ0v) is 17.8. The van der Waals surface area contributed by atoms with E-state index in [4.69, 9.17) is 20.8 Å². The van der Waals surface area contributed by atoms with E-state index in [-0.39, 0.29) is 5.91 Å². The molecule has 0 unspecified atom stereocenters. The van der Waals surface area contributed by atoms with Crippen LogP contribution in [0.4, 0.5) is 5.69 Å². The van der Waals surface area contributed by atoms with Crippen LogP contribution in [0.15, 0.2) is 34.0 Å². The van der Waals surface area contributed by atoms with Crippen molar-refractivity contribution >= 4 is 35.0 Å². The Morgan fingerprint density at radius 1 is 1.36 bits per heavy atom. The molecular formula is C19H21ClN4O3S. The van der Waals surface area contributed by atoms with Crippen LogP contribution in [-0.2, 0) is 11.8 Å². The largest absolute Gasteiger partial charge is 0.495 e. The first-order valence-electron chi connectivity index (χ1n) is 8.57. The highest BCUT2D eigenvalue weighted by molar-refractivity contribution is 8.00. The summed E-state index contributed by atoms with van der Waals surface area (Å²) in [5, 5.41) is 12.2. The molecule has 2 heterocycles. The number of anilines is 1. The quantitative estimate of drug-likeness (QED) is 0.592. The first-order chi connectivity index (χ1) is 13.3. The predicted molar refractivity (Wildman–Crippen MR) is 110 cm³/mol. The van der Waals surface area contributed by atoms with E-state index >= 15 is 0 Å². The van der Waals surface area contributed by atoms with Crippen molar-refractivity contribution in [3.8, 4) is 17.1 Å². The maximum Gasteiger partial charge on any atom is 0.237 e. The highest BCUT2D eigenvalue weighted by Crippen LogP contribution is 2.32. The monoisotopic (exact) mass is 420 g/mol. The zero-order valence-electron chi connectivity index (χ0n) is 16.2. The molecule has 0 spiro atoms. The molecule has 0 fully saturated rings. The summed E-state index contributed by atoms with van der Waals surface area (Å²) in [5.74, 6) is 1.80. The van der Waals surface area contributed by atoms with Gasteiger partial charge in [-0.25, -0.2) is 0 Å². The molecule has 0 aliphatic rings. The van der Waals surface area contributed by atoms with Crippen LogP contribution in [0.25, 0.3) is 11.4 Å². The summed E-state index contributed by atoms with van der Waals surface area (Å²) in [6, 6.07) is 5.32. The average molecular weight is 421 g/mol. The Morgan fingerprint density at radius 2 is 2.11 bits per heavy atom. The van der Waals surface area contributed by atoms with Gasteiger partial charge in [0.2, 0.25) is 5.91 Å². The molecule has 0 saturated carbocycles. The third-order valence-electron chi connectivity index (χ3n) is 4.32. The number of amides is 1. The van der Waals surface area contributed by atoms with Gasteiger partial charge in [0.15, 0.2) is 11.0 Å². The van der Waals surface area contributed by atoms with E-state index < -0.39 is 5.25 Å². The van der Waals surface area contributed by atoms with Gasteiger partial charge in [0, 0.05) is 18.1 Å². The average Bonchev–Trinajstić information content (AvgIpc) is 3.23. The van der Waals surface area contributed by atoms with Gasteiger partial charge in [-0.2, -0.15) is 0 Å². The molecule has 3 aromatic rings. The van der Waals surface area contributed by atoms with E-state index in [9.17, 15) is 4.79 Å². The normalized spacial score (nSPS) is 12.1. The first-order valence-corrected chi connectivity index (χ1v) is 9.83. The van der Waals surface area contributed by atoms with E-state index in [1.165, 1.54) is 18.9 Å². The Morgan fingerprint density at radius 3 is 2.75 bits per heavy atom. The van der Waals surface area contributed by atoms with Gasteiger partial charge in [-0.05, 0) is 38.5 Å². The molecule has 0 bridgehead atoms. The number of thioether (sulfide) groups is 1. The summed E-state index contributed by atoms with van der Waals surface area (Å²) >= 11 is 7.44. The van der Waals surface area contributed by atoms with Crippen molar-refractivity contribution in [1.82, 2.24) is 14.8 Å². The summed E-state index contributed by atoms with van der Waals surface area (Å²) in [6.07, 6.45) is 1.61. The van der Waals surface area contributed by atoms with Crippen LogP contribution in [0.1, 0.15) is 18.2 Å². The van der Waals surface area contributed by atoms with Gasteiger partial charge in [0.1, 0.15) is 11.5 Å². The molecule has 1 amide bonds. The van der Waals surface area contributed by atoms with Crippen LogP contribution < -0.4 is 10.1 Å². The van der Waals surface area contributed by atoms with Gasteiger partial charge in [-0.1, -0.05) is 23.4 Å². The third-order valence-corrected chi connectivity index (χ3v) is 5.87. The molecule has 0 saturated heterocycles. The molecule has 0 aliphatic carbocycles. The second-order valence-electron chi connectivity index (χ2n) is 6.31. The van der Waals surface area contributed by atoms with Gasteiger partial charge < -0.3 is 19.0 Å². The summed E-state index contributed by atoms with van der Waals surface area (Å²) < 4.78 is 12.5. The number of furan rings is 1. The van der Waals surface area contributed by atoms with Gasteiger partial charge in [-0.3, -0.25) is 4.79 Å². The minimum absolute atomic E-state index is 0.172. The van der Waals surface area contributed by atoms with E-state index in [2.05, 4.69) is 15.5 Å². The number of aromatic nitrogens is 3. The molecule has 7 nitrogen and oxygen atoms in total. The Bertz CT molecular complexity index is 1010. The number of aryl methyl sites for hydroxylation is 2. The molecule has 1 aromatic carbocycles. The van der Waals surface area contributed by atoms with Crippen LogP contribution in [0.2, 0.25) is 5.02 Å². The third kappa shape index (κ3) is 4.02. The lowest BCUT2D eigenvalue weighted by atomic mass is 10.2. The van der Waals surface area contributed by atoms with Crippen LogP contribution in [0, 0.1) is 13.8 Å². The maximum absolute atomic E-state index is 12.7. The van der Waals surface area contributed by atoms with Crippen molar-refractivity contribution in [2.24, 2.45) is 7.05 Å². The van der Waals surface area contributed by atoms with Crippen LogP contribution in [0.5, 0.6) is 5.75 Å². The molecule has 2 aromatic heterocycles. The van der Waals surface area contributed by atoms with Crippen molar-refractivity contribution in [1.29, 1.82) is 0 Å². The Kier molecular flexibility index (Phi) is 6.00. The smallest absolute Gasteiger partial charge is 0.237 e. The minimum atomic E-state index is -0.401. The Labute approximate surface area is 172 Å². The second-order valence-corrected chi connectivity index (χ2v) is 8.02. The van der Waals surface area contributed by atoms with E-state index in [1.807, 2.05) is 38.5 Å². The van der Waals surface area contributed by atoms with Crippen LogP contribution >= 0.6 is 23.4 Å². The van der Waals surface area contributed by atoms with Crippen molar-refractivity contribution < 1.29 is 13.9 Å². The van der Waals surface area contributed by atoms with Crippen LogP contribution in [-0.4, -0.2) is 33.0 Å². The summed E-state index contributed by atoms with van der Waals surface area (Å²) in [4.78, 5) is 12.7. The number of halogens is 1. The second kappa shape index (κ2) is 8.28. The number of nitrogens with zero attached hydrogens (tertiary/aromatic N) is 3. The molecular weight excluding hydrogens is 400 g/mol. The number of methoxy groups -OCH3 is 1. The summed E-state index contributed by atoms with van der Waals surface area (Å²) in [5.41, 5.74) is 2.31. The van der Waals surface area contributed by atoms with Crippen molar-refractivity contribution in [3.05, 3.63) is 40.8 Å². The SMILES string of the molecule is COc1cc(Cl)c(C)cc1NC(=O)[C@@H](C)Sc1nnc(-c2ccoc2C)n1C. The molecule has 28 heavy (non-hydrogen) atoms. The number of ether oxygens (including phenoxy) is 1. The predicted octanol–water partition coefficient (Wildman–Crippen LogP) is 4.47. The maximum atomic E-state index is 12.7. The van der Waals surface area contributed by atoms with Crippen molar-refractivity contribution in [2.45, 2.75) is 31.2 Å². The van der Waals surface area contributed by atoms with Gasteiger partial charge in [-0.15, -0.1) is 10.2 Å². The molecule has 0 aliphatic heterocycles. The van der Waals surface area contributed by atoms with E-state index in [0.29, 0.717) is 27.4 Å². The molecule has 0 radical (unpaired) electrons. The topological polar surface area (TPSA) is 82.2 Å². The zero-order chi connectivity index (χ0) is 20.4. The summed E-state index contributed by atoms with van der Waals surface area (Å²) in [7, 11) is 3.40. The fraction of sp³-hybridized carbons (Fsp3) is 0.316. The highest BCUT2D eigenvalue weighted by atomic mass is 35.5. The van der Waals surface area contributed by atoms with Gasteiger partial charge in [0.05, 0.1) is 29.9 Å². The molecule has 1 atom stereocenters. The number of nitrogens with one attached hydrogen (secondary N) is 1. The van der Waals surface area contributed by atoms with Crippen LogP contribution in [0.3, 0.4) is 0 Å². The lowest BCUT2D eigenvalue weighted by Gasteiger charge is -2.15. The highest BCUT2D eigenvalue weighted by Gasteiger charge is 2.21. The van der Waals surface area contributed by atoms with Gasteiger partial charge in [0.25, 0.3) is 0 Å². The first kappa shape index (κ1) is 20.3. The fourth-order valence-corrected chi connectivity index (χ4v) is 3.61. The summed E-state index contributed by atoms with van der Waals surface area (Å²) in [6.45, 7) is 5.55. The number of rotatable bonds is 6. The van der Waals surface area contributed by atoms with E-state index in [0.717, 1.165) is 16.9 Å². The van der Waals surface area contributed by atoms with Crippen molar-refractivity contribution in [3.63, 3.8) is 0 Å². The molecule has 9 heteroatoms. The Balaban J connectivity index is 1.75. The number of carbonyl (C=O) groups is 1. The fourth-order valence-electron chi connectivity index (χ4n) is 2.64. The standard InChI is InChI=1S/C19H21ClN4O3S/c1-10-8-15(16(26-5)9-14(10)20)21-18(25)12(3)28-19-23-22-17(24(19)4)13-6-7-27-11(13)2/h6-9,12H,1-5H3,(H,21,25)/t12-/m1/s1. The molecule has 3 rings (SSSR count).